The number of amides is 1. The lowest BCUT2D eigenvalue weighted by Gasteiger charge is -2.14. The number of nitrogens with zero attached hydrogens (tertiary/aromatic N) is 1. The number of ether oxygens (including phenoxy) is 1. The maximum atomic E-state index is 11.6. The summed E-state index contributed by atoms with van der Waals surface area (Å²) in [6.07, 6.45) is 0. The lowest BCUT2D eigenvalue weighted by atomic mass is 10.2. The Morgan fingerprint density at radius 2 is 2.20 bits per heavy atom. The summed E-state index contributed by atoms with van der Waals surface area (Å²) >= 11 is 1.35. The van der Waals surface area contributed by atoms with Crippen molar-refractivity contribution in [3.05, 3.63) is 46.2 Å². The highest BCUT2D eigenvalue weighted by atomic mass is 32.1. The van der Waals surface area contributed by atoms with Gasteiger partial charge < -0.3 is 9.64 Å². The molecule has 0 saturated heterocycles. The van der Waals surface area contributed by atoms with Crippen LogP contribution in [0.3, 0.4) is 0 Å². The summed E-state index contributed by atoms with van der Waals surface area (Å²) < 4.78 is 5.74. The number of hydrogen-bond acceptors (Lipinski definition) is 5. The first-order valence-electron chi connectivity index (χ1n) is 6.09. The van der Waals surface area contributed by atoms with Gasteiger partial charge in [0.1, 0.15) is 12.4 Å². The number of rotatable bonds is 5. The molecule has 0 atom stereocenters. The van der Waals surface area contributed by atoms with Crippen LogP contribution in [0.5, 0.6) is 5.75 Å². The van der Waals surface area contributed by atoms with E-state index >= 15 is 0 Å². The zero-order valence-corrected chi connectivity index (χ0v) is 12.2. The van der Waals surface area contributed by atoms with E-state index in [-0.39, 0.29) is 5.91 Å². The molecule has 0 aliphatic heterocycles. The van der Waals surface area contributed by atoms with Gasteiger partial charge in [-0.2, -0.15) is 0 Å². The van der Waals surface area contributed by atoms with Crippen LogP contribution in [0.2, 0.25) is 0 Å². The number of nitrogens with two attached hydrogens (primary N) is 1. The summed E-state index contributed by atoms with van der Waals surface area (Å²) in [6, 6.07) is 9.65. The Hall–Kier alpha value is -2.05. The number of nitrogens with one attached hydrogen (secondary N) is 1. The molecule has 2 aromatic rings. The van der Waals surface area contributed by atoms with E-state index in [9.17, 15) is 4.79 Å². The van der Waals surface area contributed by atoms with Crippen LogP contribution in [0, 0.1) is 0 Å². The number of benzene rings is 1. The SMILES string of the molecule is CN(C)c1cccc(OCc2ccsc2C(=O)NN)c1. The number of hydrazine groups is 1. The molecule has 0 aliphatic carbocycles. The van der Waals surface area contributed by atoms with Crippen LogP contribution in [-0.4, -0.2) is 20.0 Å². The molecule has 1 heterocycles. The van der Waals surface area contributed by atoms with Crippen molar-refractivity contribution in [1.29, 1.82) is 0 Å². The van der Waals surface area contributed by atoms with Crippen molar-refractivity contribution < 1.29 is 9.53 Å². The van der Waals surface area contributed by atoms with E-state index in [1.807, 2.05) is 54.7 Å². The van der Waals surface area contributed by atoms with Gasteiger partial charge in [-0.15, -0.1) is 11.3 Å². The van der Waals surface area contributed by atoms with Crippen molar-refractivity contribution in [3.63, 3.8) is 0 Å². The van der Waals surface area contributed by atoms with E-state index in [0.29, 0.717) is 11.5 Å². The van der Waals surface area contributed by atoms with Crippen LogP contribution >= 0.6 is 11.3 Å². The van der Waals surface area contributed by atoms with Gasteiger partial charge in [-0.25, -0.2) is 5.84 Å². The van der Waals surface area contributed by atoms with Gasteiger partial charge in [0, 0.05) is 31.4 Å². The Kier molecular flexibility index (Phi) is 4.60. The number of carbonyl (C=O) groups excluding carboxylic acids is 1. The zero-order chi connectivity index (χ0) is 14.5. The summed E-state index contributed by atoms with van der Waals surface area (Å²) in [4.78, 5) is 14.1. The average molecular weight is 291 g/mol. The van der Waals surface area contributed by atoms with Crippen LogP contribution in [0.25, 0.3) is 0 Å². The maximum absolute atomic E-state index is 11.6. The fraction of sp³-hybridized carbons (Fsp3) is 0.214. The molecule has 0 spiro atoms. The Labute approximate surface area is 121 Å². The van der Waals surface area contributed by atoms with Crippen molar-refractivity contribution in [2.75, 3.05) is 19.0 Å². The highest BCUT2D eigenvalue weighted by Gasteiger charge is 2.12. The molecular formula is C14H17N3O2S. The van der Waals surface area contributed by atoms with E-state index in [0.717, 1.165) is 17.0 Å². The molecule has 2 rings (SSSR count). The molecule has 0 unspecified atom stereocenters. The quantitative estimate of drug-likeness (QED) is 0.502. The van der Waals surface area contributed by atoms with Crippen LogP contribution in [0.1, 0.15) is 15.2 Å². The predicted molar refractivity (Wildman–Crippen MR) is 81.1 cm³/mol. The van der Waals surface area contributed by atoms with Crippen LogP contribution in [0.15, 0.2) is 35.7 Å². The monoisotopic (exact) mass is 291 g/mol. The van der Waals surface area contributed by atoms with Gasteiger partial charge in [-0.1, -0.05) is 6.07 Å². The number of nitrogen functional groups attached to an aromatic ring is 1. The summed E-state index contributed by atoms with van der Waals surface area (Å²) in [7, 11) is 3.95. The molecule has 0 bridgehead atoms. The largest absolute Gasteiger partial charge is 0.489 e. The molecule has 3 N–H and O–H groups in total. The third-order valence-electron chi connectivity index (χ3n) is 2.81. The predicted octanol–water partition coefficient (Wildman–Crippen LogP) is 2.00. The highest BCUT2D eigenvalue weighted by molar-refractivity contribution is 7.12. The number of carbonyl (C=O) groups is 1. The molecule has 0 aliphatic rings. The van der Waals surface area contributed by atoms with Crippen LogP contribution in [0.4, 0.5) is 5.69 Å². The van der Waals surface area contributed by atoms with Crippen molar-refractivity contribution >= 4 is 22.9 Å². The summed E-state index contributed by atoms with van der Waals surface area (Å²) in [5.41, 5.74) is 4.03. The third kappa shape index (κ3) is 3.28. The molecule has 5 nitrogen and oxygen atoms in total. The molecular weight excluding hydrogens is 274 g/mol. The number of thiophene rings is 1. The van der Waals surface area contributed by atoms with Crippen molar-refractivity contribution in [1.82, 2.24) is 5.43 Å². The zero-order valence-electron chi connectivity index (χ0n) is 11.4. The standard InChI is InChI=1S/C14H17N3O2S/c1-17(2)11-4-3-5-12(8-11)19-9-10-6-7-20-13(10)14(18)16-15/h3-8H,9,15H2,1-2H3,(H,16,18). The van der Waals surface area contributed by atoms with Gasteiger partial charge >= 0.3 is 0 Å². The van der Waals surface area contributed by atoms with E-state index in [4.69, 9.17) is 10.6 Å². The Morgan fingerprint density at radius 1 is 1.40 bits per heavy atom. The van der Waals surface area contributed by atoms with E-state index in [1.165, 1.54) is 11.3 Å². The number of anilines is 1. The second-order valence-corrected chi connectivity index (χ2v) is 5.34. The molecule has 20 heavy (non-hydrogen) atoms. The van der Waals surface area contributed by atoms with Gasteiger partial charge in [0.25, 0.3) is 5.91 Å². The van der Waals surface area contributed by atoms with E-state index < -0.39 is 0 Å². The Bertz CT molecular complexity index is 596. The molecule has 1 aromatic carbocycles. The first-order valence-corrected chi connectivity index (χ1v) is 6.97. The van der Waals surface area contributed by atoms with E-state index in [2.05, 4.69) is 5.43 Å². The van der Waals surface area contributed by atoms with Crippen molar-refractivity contribution in [3.8, 4) is 5.75 Å². The van der Waals surface area contributed by atoms with E-state index in [1.54, 1.807) is 0 Å². The highest BCUT2D eigenvalue weighted by Crippen LogP contribution is 2.22. The van der Waals surface area contributed by atoms with Gasteiger partial charge in [-0.05, 0) is 23.6 Å². The molecule has 0 saturated carbocycles. The maximum Gasteiger partial charge on any atom is 0.275 e. The summed E-state index contributed by atoms with van der Waals surface area (Å²) in [6.45, 7) is 0.336. The average Bonchev–Trinajstić information content (AvgIpc) is 2.93. The molecule has 106 valence electrons. The minimum atomic E-state index is -0.291. The molecule has 6 heteroatoms. The van der Waals surface area contributed by atoms with Gasteiger partial charge in [0.05, 0.1) is 4.88 Å². The summed E-state index contributed by atoms with van der Waals surface area (Å²) in [5, 5.41) is 1.85. The number of hydrogen-bond donors (Lipinski definition) is 2. The first-order chi connectivity index (χ1) is 9.61. The normalized spacial score (nSPS) is 10.2. The van der Waals surface area contributed by atoms with Crippen molar-refractivity contribution in [2.24, 2.45) is 5.84 Å². The Morgan fingerprint density at radius 3 is 2.90 bits per heavy atom. The van der Waals surface area contributed by atoms with Crippen molar-refractivity contribution in [2.45, 2.75) is 6.61 Å². The molecule has 0 radical (unpaired) electrons. The minimum absolute atomic E-state index is 0.291. The lowest BCUT2D eigenvalue weighted by molar-refractivity contribution is 0.0955. The summed E-state index contributed by atoms with van der Waals surface area (Å²) in [5.74, 6) is 5.63. The fourth-order valence-electron chi connectivity index (χ4n) is 1.73. The topological polar surface area (TPSA) is 67.6 Å². The second kappa shape index (κ2) is 6.40. The Balaban J connectivity index is 2.07. The van der Waals surface area contributed by atoms with Gasteiger partial charge in [-0.3, -0.25) is 10.2 Å². The fourth-order valence-corrected chi connectivity index (χ4v) is 2.54. The second-order valence-electron chi connectivity index (χ2n) is 4.43. The molecule has 1 aromatic heterocycles. The molecule has 0 fully saturated rings. The lowest BCUT2D eigenvalue weighted by Crippen LogP contribution is -2.30. The first kappa shape index (κ1) is 14.4. The van der Waals surface area contributed by atoms with Gasteiger partial charge in [0.2, 0.25) is 0 Å². The smallest absolute Gasteiger partial charge is 0.275 e. The van der Waals surface area contributed by atoms with Gasteiger partial charge in [0.15, 0.2) is 0 Å². The molecule has 1 amide bonds. The van der Waals surface area contributed by atoms with Crippen LogP contribution in [-0.2, 0) is 6.61 Å². The third-order valence-corrected chi connectivity index (χ3v) is 3.77. The van der Waals surface area contributed by atoms with Crippen LogP contribution < -0.4 is 20.9 Å². The minimum Gasteiger partial charge on any atom is -0.489 e.